The summed E-state index contributed by atoms with van der Waals surface area (Å²) in [5, 5.41) is 4.53. The predicted molar refractivity (Wildman–Crippen MR) is 83.8 cm³/mol. The monoisotopic (exact) mass is 275 g/mol. The molecule has 1 aromatic rings. The Labute approximate surface area is 121 Å². The average molecular weight is 275 g/mol. The molecular formula is C17H25NS. The number of hydrogen-bond donors (Lipinski definition) is 1. The van der Waals surface area contributed by atoms with Gasteiger partial charge in [-0.25, -0.2) is 0 Å². The molecule has 2 atom stereocenters. The summed E-state index contributed by atoms with van der Waals surface area (Å²) in [7, 11) is 0. The molecular weight excluding hydrogens is 250 g/mol. The SMILES string of the molecule is CCCNC(C)C1(CC2Cc3ccccc3S2)CC1. The third kappa shape index (κ3) is 2.85. The van der Waals surface area contributed by atoms with Crippen LogP contribution >= 0.6 is 11.8 Å². The van der Waals surface area contributed by atoms with Crippen LogP contribution in [0.2, 0.25) is 0 Å². The van der Waals surface area contributed by atoms with E-state index in [0.717, 1.165) is 5.25 Å². The lowest BCUT2D eigenvalue weighted by Gasteiger charge is -2.27. The van der Waals surface area contributed by atoms with Crippen molar-refractivity contribution in [3.05, 3.63) is 29.8 Å². The lowest BCUT2D eigenvalue weighted by Crippen LogP contribution is -2.36. The molecule has 104 valence electrons. The summed E-state index contributed by atoms with van der Waals surface area (Å²) in [6.45, 7) is 5.82. The van der Waals surface area contributed by atoms with Crippen LogP contribution in [0.5, 0.6) is 0 Å². The topological polar surface area (TPSA) is 12.0 Å². The van der Waals surface area contributed by atoms with Crippen LogP contribution in [0.3, 0.4) is 0 Å². The maximum absolute atomic E-state index is 3.72. The van der Waals surface area contributed by atoms with Crippen LogP contribution in [-0.2, 0) is 6.42 Å². The van der Waals surface area contributed by atoms with Crippen molar-refractivity contribution in [3.8, 4) is 0 Å². The van der Waals surface area contributed by atoms with Gasteiger partial charge in [0, 0.05) is 16.2 Å². The molecule has 0 radical (unpaired) electrons. The van der Waals surface area contributed by atoms with Gasteiger partial charge in [-0.1, -0.05) is 25.1 Å². The van der Waals surface area contributed by atoms with Crippen LogP contribution in [0.15, 0.2) is 29.2 Å². The van der Waals surface area contributed by atoms with Crippen molar-refractivity contribution in [2.75, 3.05) is 6.54 Å². The molecule has 0 saturated heterocycles. The van der Waals surface area contributed by atoms with E-state index < -0.39 is 0 Å². The van der Waals surface area contributed by atoms with E-state index in [0.29, 0.717) is 11.5 Å². The zero-order valence-corrected chi connectivity index (χ0v) is 12.9. The zero-order chi connectivity index (χ0) is 13.3. The Morgan fingerprint density at radius 1 is 1.37 bits per heavy atom. The van der Waals surface area contributed by atoms with Gasteiger partial charge >= 0.3 is 0 Å². The summed E-state index contributed by atoms with van der Waals surface area (Å²) in [6.07, 6.45) is 6.77. The number of thioether (sulfide) groups is 1. The molecule has 1 aromatic carbocycles. The van der Waals surface area contributed by atoms with Gasteiger partial charge in [0.15, 0.2) is 0 Å². The van der Waals surface area contributed by atoms with Crippen LogP contribution in [0, 0.1) is 5.41 Å². The summed E-state index contributed by atoms with van der Waals surface area (Å²) in [5.41, 5.74) is 2.18. The van der Waals surface area contributed by atoms with Gasteiger partial charge in [0.2, 0.25) is 0 Å². The standard InChI is InChI=1S/C17H25NS/c1-3-10-18-13(2)17(8-9-17)12-15-11-14-6-4-5-7-16(14)19-15/h4-7,13,15,18H,3,8-12H2,1-2H3. The van der Waals surface area contributed by atoms with Crippen LogP contribution in [-0.4, -0.2) is 17.8 Å². The largest absolute Gasteiger partial charge is 0.314 e. The minimum atomic E-state index is 0.606. The minimum absolute atomic E-state index is 0.606. The molecule has 1 aliphatic carbocycles. The van der Waals surface area contributed by atoms with Gasteiger partial charge in [-0.2, -0.15) is 0 Å². The van der Waals surface area contributed by atoms with Gasteiger partial charge in [0.25, 0.3) is 0 Å². The van der Waals surface area contributed by atoms with Crippen molar-refractivity contribution in [2.45, 2.75) is 62.1 Å². The number of fused-ring (bicyclic) bond motifs is 1. The summed E-state index contributed by atoms with van der Waals surface area (Å²) in [5.74, 6) is 0. The summed E-state index contributed by atoms with van der Waals surface area (Å²) >= 11 is 2.12. The third-order valence-electron chi connectivity index (χ3n) is 4.86. The Kier molecular flexibility index (Phi) is 3.91. The Morgan fingerprint density at radius 2 is 2.16 bits per heavy atom. The molecule has 0 amide bonds. The van der Waals surface area contributed by atoms with E-state index in [4.69, 9.17) is 0 Å². The maximum Gasteiger partial charge on any atom is 0.0141 e. The van der Waals surface area contributed by atoms with Crippen molar-refractivity contribution in [2.24, 2.45) is 5.41 Å². The fraction of sp³-hybridized carbons (Fsp3) is 0.647. The molecule has 2 heteroatoms. The molecule has 3 rings (SSSR count). The first kappa shape index (κ1) is 13.5. The second-order valence-corrected chi connectivity index (χ2v) is 7.64. The van der Waals surface area contributed by atoms with Crippen LogP contribution in [0.1, 0.15) is 45.1 Å². The molecule has 1 heterocycles. The average Bonchev–Trinajstić information content (AvgIpc) is 3.08. The lowest BCUT2D eigenvalue weighted by molar-refractivity contribution is 0.328. The van der Waals surface area contributed by atoms with Crippen LogP contribution < -0.4 is 5.32 Å². The molecule has 2 unspecified atom stereocenters. The number of rotatable bonds is 6. The predicted octanol–water partition coefficient (Wildman–Crippen LogP) is 4.26. The van der Waals surface area contributed by atoms with E-state index in [9.17, 15) is 0 Å². The molecule has 1 aliphatic heterocycles. The Hall–Kier alpha value is -0.470. The van der Waals surface area contributed by atoms with Crippen molar-refractivity contribution in [1.29, 1.82) is 0 Å². The normalized spacial score (nSPS) is 25.1. The van der Waals surface area contributed by atoms with E-state index in [1.165, 1.54) is 43.5 Å². The second kappa shape index (κ2) is 5.49. The van der Waals surface area contributed by atoms with Crippen LogP contribution in [0.25, 0.3) is 0 Å². The third-order valence-corrected chi connectivity index (χ3v) is 6.18. The van der Waals surface area contributed by atoms with Gasteiger partial charge in [0.1, 0.15) is 0 Å². The molecule has 1 fully saturated rings. The first-order valence-electron chi connectivity index (χ1n) is 7.71. The van der Waals surface area contributed by atoms with Gasteiger partial charge < -0.3 is 5.32 Å². The van der Waals surface area contributed by atoms with Gasteiger partial charge in [0.05, 0.1) is 0 Å². The fourth-order valence-electron chi connectivity index (χ4n) is 3.37. The molecule has 0 aromatic heterocycles. The number of benzene rings is 1. The van der Waals surface area contributed by atoms with Gasteiger partial charge in [-0.3, -0.25) is 0 Å². The Morgan fingerprint density at radius 3 is 2.84 bits per heavy atom. The Bertz CT molecular complexity index is 414. The van der Waals surface area contributed by atoms with Crippen molar-refractivity contribution < 1.29 is 0 Å². The first-order valence-corrected chi connectivity index (χ1v) is 8.59. The van der Waals surface area contributed by atoms with E-state index in [1.807, 2.05) is 0 Å². The summed E-state index contributed by atoms with van der Waals surface area (Å²) in [4.78, 5) is 1.53. The van der Waals surface area contributed by atoms with Gasteiger partial charge in [-0.05, 0) is 62.6 Å². The lowest BCUT2D eigenvalue weighted by atomic mass is 9.90. The van der Waals surface area contributed by atoms with E-state index in [-0.39, 0.29) is 0 Å². The van der Waals surface area contributed by atoms with Crippen molar-refractivity contribution in [3.63, 3.8) is 0 Å². The second-order valence-electron chi connectivity index (χ2n) is 6.29. The van der Waals surface area contributed by atoms with Crippen molar-refractivity contribution >= 4 is 11.8 Å². The van der Waals surface area contributed by atoms with E-state index in [1.54, 1.807) is 5.56 Å². The highest BCUT2D eigenvalue weighted by Crippen LogP contribution is 2.55. The quantitative estimate of drug-likeness (QED) is 0.832. The molecule has 1 nitrogen and oxygen atoms in total. The number of nitrogens with one attached hydrogen (secondary N) is 1. The molecule has 1 N–H and O–H groups in total. The number of hydrogen-bond acceptors (Lipinski definition) is 2. The maximum atomic E-state index is 3.72. The highest BCUT2D eigenvalue weighted by atomic mass is 32.2. The first-order chi connectivity index (χ1) is 9.23. The highest BCUT2D eigenvalue weighted by molar-refractivity contribution is 8.00. The van der Waals surface area contributed by atoms with E-state index in [2.05, 4.69) is 55.2 Å². The summed E-state index contributed by atoms with van der Waals surface area (Å²) in [6, 6.07) is 9.64. The molecule has 19 heavy (non-hydrogen) atoms. The zero-order valence-electron chi connectivity index (χ0n) is 12.1. The fourth-order valence-corrected chi connectivity index (χ4v) is 4.87. The summed E-state index contributed by atoms with van der Waals surface area (Å²) < 4.78 is 0. The van der Waals surface area contributed by atoms with Crippen molar-refractivity contribution in [1.82, 2.24) is 5.32 Å². The smallest absolute Gasteiger partial charge is 0.0141 e. The highest BCUT2D eigenvalue weighted by Gasteiger charge is 2.48. The minimum Gasteiger partial charge on any atom is -0.314 e. The molecule has 2 aliphatic rings. The molecule has 0 spiro atoms. The Balaban J connectivity index is 1.58. The van der Waals surface area contributed by atoms with Gasteiger partial charge in [-0.15, -0.1) is 11.8 Å². The van der Waals surface area contributed by atoms with Crippen LogP contribution in [0.4, 0.5) is 0 Å². The molecule has 0 bridgehead atoms. The molecule has 1 saturated carbocycles. The van der Waals surface area contributed by atoms with E-state index >= 15 is 0 Å².